The molecule has 1 aliphatic heterocycles. The van der Waals surface area contributed by atoms with Crippen LogP contribution in [0.25, 0.3) is 17.4 Å². The number of ether oxygens (including phenoxy) is 2. The third-order valence-corrected chi connectivity index (χ3v) is 4.67. The Bertz CT molecular complexity index is 1030. The van der Waals surface area contributed by atoms with Gasteiger partial charge in [-0.1, -0.05) is 29.8 Å². The molecular weight excluding hydrogens is 334 g/mol. The molecule has 1 aliphatic rings. The molecule has 3 aromatic rings. The van der Waals surface area contributed by atoms with Crippen LogP contribution in [0.5, 0.6) is 11.5 Å². The molecule has 2 aromatic carbocycles. The maximum absolute atomic E-state index is 6.21. The fourth-order valence-electron chi connectivity index (χ4n) is 3.09. The molecule has 0 unspecified atom stereocenters. The summed E-state index contributed by atoms with van der Waals surface area (Å²) < 4.78 is 13.6. The van der Waals surface area contributed by atoms with Gasteiger partial charge in [0.25, 0.3) is 0 Å². The lowest BCUT2D eigenvalue weighted by Gasteiger charge is -2.21. The van der Waals surface area contributed by atoms with E-state index in [0.717, 1.165) is 39.5 Å². The van der Waals surface area contributed by atoms with Crippen molar-refractivity contribution in [3.8, 4) is 11.5 Å². The van der Waals surface area contributed by atoms with Gasteiger partial charge in [0.1, 0.15) is 24.3 Å². The minimum Gasteiger partial charge on any atom is -0.497 e. The molecule has 0 N–H and O–H groups in total. The maximum atomic E-state index is 6.21. The summed E-state index contributed by atoms with van der Waals surface area (Å²) in [6.45, 7) is 2.09. The average molecular weight is 356 g/mol. The van der Waals surface area contributed by atoms with Crippen molar-refractivity contribution >= 4 is 17.4 Å². The number of hydrogen-bond acceptors (Lipinski definition) is 2. The van der Waals surface area contributed by atoms with Crippen LogP contribution in [0.3, 0.4) is 0 Å². The minimum absolute atomic E-state index is 0.815. The second-order valence-corrected chi connectivity index (χ2v) is 6.74. The Balaban J connectivity index is 1.83. The van der Waals surface area contributed by atoms with Crippen molar-refractivity contribution in [3.63, 3.8) is 0 Å². The van der Waals surface area contributed by atoms with Crippen LogP contribution in [0.15, 0.2) is 73.1 Å². The molecule has 27 heavy (non-hydrogen) atoms. The van der Waals surface area contributed by atoms with Gasteiger partial charge < -0.3 is 9.47 Å². The van der Waals surface area contributed by atoms with Crippen LogP contribution >= 0.6 is 0 Å². The summed E-state index contributed by atoms with van der Waals surface area (Å²) in [6, 6.07) is 18.5. The summed E-state index contributed by atoms with van der Waals surface area (Å²) in [6.07, 6.45) is 8.36. The Morgan fingerprint density at radius 2 is 1.70 bits per heavy atom. The van der Waals surface area contributed by atoms with Gasteiger partial charge in [0.15, 0.2) is 12.4 Å². The van der Waals surface area contributed by atoms with Gasteiger partial charge in [-0.25, -0.2) is 4.57 Å². The molecule has 0 radical (unpaired) electrons. The molecule has 1 aromatic heterocycles. The van der Waals surface area contributed by atoms with Crippen molar-refractivity contribution < 1.29 is 14.0 Å². The predicted octanol–water partition coefficient (Wildman–Crippen LogP) is 4.80. The van der Waals surface area contributed by atoms with Crippen molar-refractivity contribution in [2.75, 3.05) is 7.11 Å². The zero-order valence-electron chi connectivity index (χ0n) is 15.8. The van der Waals surface area contributed by atoms with Crippen LogP contribution in [0.1, 0.15) is 22.3 Å². The third-order valence-electron chi connectivity index (χ3n) is 4.67. The smallest absolute Gasteiger partial charge is 0.169 e. The van der Waals surface area contributed by atoms with E-state index in [1.807, 2.05) is 42.2 Å². The standard InChI is InChI=1S/C24H22NO2/c1-17-4-6-19(7-5-17)24-15-20(14-18-10-12-25(2)13-11-18)22-16-21(26-3)8-9-23(22)27-24/h4-16H,1-3H3/q+1/b20-14+. The largest absolute Gasteiger partial charge is 0.497 e. The zero-order chi connectivity index (χ0) is 18.8. The minimum atomic E-state index is 0.815. The Hall–Kier alpha value is -3.33. The summed E-state index contributed by atoms with van der Waals surface area (Å²) in [5.74, 6) is 2.50. The summed E-state index contributed by atoms with van der Waals surface area (Å²) >= 11 is 0. The number of rotatable bonds is 3. The number of methoxy groups -OCH3 is 1. The molecule has 0 aliphatic carbocycles. The molecule has 3 nitrogen and oxygen atoms in total. The quantitative estimate of drug-likeness (QED) is 0.629. The van der Waals surface area contributed by atoms with Crippen LogP contribution in [0.4, 0.5) is 0 Å². The van der Waals surface area contributed by atoms with E-state index in [1.54, 1.807) is 7.11 Å². The van der Waals surface area contributed by atoms with Crippen molar-refractivity contribution in [3.05, 3.63) is 95.3 Å². The van der Waals surface area contributed by atoms with Crippen LogP contribution < -0.4 is 14.0 Å². The molecule has 0 saturated carbocycles. The second kappa shape index (κ2) is 7.12. The first kappa shape index (κ1) is 17.1. The van der Waals surface area contributed by atoms with Gasteiger partial charge in [0, 0.05) is 23.3 Å². The van der Waals surface area contributed by atoms with Gasteiger partial charge in [0.2, 0.25) is 0 Å². The highest BCUT2D eigenvalue weighted by Gasteiger charge is 2.19. The first-order valence-corrected chi connectivity index (χ1v) is 8.94. The van der Waals surface area contributed by atoms with E-state index in [2.05, 4.69) is 55.5 Å². The van der Waals surface area contributed by atoms with Crippen molar-refractivity contribution in [1.82, 2.24) is 0 Å². The number of hydrogen-bond donors (Lipinski definition) is 0. The first-order valence-electron chi connectivity index (χ1n) is 8.94. The third kappa shape index (κ3) is 3.63. The lowest BCUT2D eigenvalue weighted by molar-refractivity contribution is -0.671. The van der Waals surface area contributed by atoms with E-state index >= 15 is 0 Å². The Morgan fingerprint density at radius 1 is 0.963 bits per heavy atom. The fourth-order valence-corrected chi connectivity index (χ4v) is 3.09. The summed E-state index contributed by atoms with van der Waals surface area (Å²) in [4.78, 5) is 0. The second-order valence-electron chi connectivity index (χ2n) is 6.74. The van der Waals surface area contributed by atoms with E-state index in [9.17, 15) is 0 Å². The lowest BCUT2D eigenvalue weighted by atomic mass is 9.97. The molecule has 0 fully saturated rings. The Labute approximate surface area is 159 Å². The van der Waals surface area contributed by atoms with E-state index in [1.165, 1.54) is 5.56 Å². The van der Waals surface area contributed by atoms with Gasteiger partial charge in [-0.05, 0) is 48.4 Å². The molecule has 4 rings (SSSR count). The van der Waals surface area contributed by atoms with Gasteiger partial charge in [-0.3, -0.25) is 0 Å². The molecule has 0 atom stereocenters. The fraction of sp³-hybridized carbons (Fsp3) is 0.125. The van der Waals surface area contributed by atoms with Crippen molar-refractivity contribution in [2.24, 2.45) is 7.05 Å². The topological polar surface area (TPSA) is 22.3 Å². The molecule has 2 heterocycles. The van der Waals surface area contributed by atoms with E-state index < -0.39 is 0 Å². The number of aromatic nitrogens is 1. The molecule has 0 amide bonds. The van der Waals surface area contributed by atoms with E-state index in [4.69, 9.17) is 9.47 Å². The summed E-state index contributed by atoms with van der Waals surface area (Å²) in [5, 5.41) is 0. The number of nitrogens with zero attached hydrogens (tertiary/aromatic N) is 1. The molecule has 0 spiro atoms. The van der Waals surface area contributed by atoms with Gasteiger partial charge in [-0.15, -0.1) is 0 Å². The molecule has 134 valence electrons. The lowest BCUT2D eigenvalue weighted by Crippen LogP contribution is -2.25. The molecular formula is C24H22NO2+. The monoisotopic (exact) mass is 356 g/mol. The highest BCUT2D eigenvalue weighted by Crippen LogP contribution is 2.39. The van der Waals surface area contributed by atoms with Crippen LogP contribution in [-0.4, -0.2) is 7.11 Å². The van der Waals surface area contributed by atoms with Crippen LogP contribution in [0.2, 0.25) is 0 Å². The highest BCUT2D eigenvalue weighted by atomic mass is 16.5. The van der Waals surface area contributed by atoms with Crippen molar-refractivity contribution in [2.45, 2.75) is 6.92 Å². The number of allylic oxidation sites excluding steroid dienone is 2. The Kier molecular flexibility index (Phi) is 4.51. The van der Waals surface area contributed by atoms with Crippen LogP contribution in [0, 0.1) is 6.92 Å². The normalized spacial score (nSPS) is 14.3. The van der Waals surface area contributed by atoms with E-state index in [0.29, 0.717) is 0 Å². The molecule has 0 bridgehead atoms. The maximum Gasteiger partial charge on any atom is 0.169 e. The van der Waals surface area contributed by atoms with Crippen molar-refractivity contribution in [1.29, 1.82) is 0 Å². The average Bonchev–Trinajstić information content (AvgIpc) is 2.70. The number of fused-ring (bicyclic) bond motifs is 1. The van der Waals surface area contributed by atoms with Gasteiger partial charge in [0.05, 0.1) is 7.11 Å². The molecule has 0 saturated heterocycles. The summed E-state index contributed by atoms with van der Waals surface area (Å²) in [5.41, 5.74) is 5.55. The Morgan fingerprint density at radius 3 is 2.41 bits per heavy atom. The summed E-state index contributed by atoms with van der Waals surface area (Å²) in [7, 11) is 3.69. The number of pyridine rings is 1. The molecule has 3 heteroatoms. The highest BCUT2D eigenvalue weighted by molar-refractivity contribution is 5.96. The number of aryl methyl sites for hydroxylation is 2. The first-order chi connectivity index (χ1) is 13.1. The van der Waals surface area contributed by atoms with E-state index in [-0.39, 0.29) is 0 Å². The van der Waals surface area contributed by atoms with Gasteiger partial charge >= 0.3 is 0 Å². The van der Waals surface area contributed by atoms with Gasteiger partial charge in [-0.2, -0.15) is 0 Å². The van der Waals surface area contributed by atoms with Crippen LogP contribution in [-0.2, 0) is 7.05 Å². The number of benzene rings is 2. The zero-order valence-corrected chi connectivity index (χ0v) is 15.8. The predicted molar refractivity (Wildman–Crippen MR) is 108 cm³/mol. The SMILES string of the molecule is COc1ccc2c(c1)/C(=C/c1cc[n+](C)cc1)C=C(c1ccc(C)cc1)O2.